The first-order valence-corrected chi connectivity index (χ1v) is 30.1. The van der Waals surface area contributed by atoms with Gasteiger partial charge in [-0.15, -0.1) is 15.3 Å². The number of carbonyl (C=O) groups is 7. The second kappa shape index (κ2) is 28.3. The number of hydroxylamine groups is 2. The first kappa shape index (κ1) is 68.3. The number of ether oxygens (including phenoxy) is 1. The van der Waals surface area contributed by atoms with Crippen LogP contribution in [0.25, 0.3) is 0 Å². The van der Waals surface area contributed by atoms with Crippen molar-refractivity contribution in [1.82, 2.24) is 35.4 Å². The number of carbonyl (C=O) groups excluding carboxylic acids is 7. The van der Waals surface area contributed by atoms with Crippen molar-refractivity contribution in [3.8, 4) is 6.07 Å². The summed E-state index contributed by atoms with van der Waals surface area (Å²) in [6.07, 6.45) is -6.72. The van der Waals surface area contributed by atoms with Gasteiger partial charge in [-0.3, -0.25) is 43.7 Å². The number of nitro groups is 1. The number of likely N-dealkylation sites (tertiary alicyclic amines) is 1. The van der Waals surface area contributed by atoms with Gasteiger partial charge in [-0.2, -0.15) is 31.6 Å². The topological polar surface area (TPSA) is 360 Å². The van der Waals surface area contributed by atoms with Crippen LogP contribution in [0, 0.1) is 27.4 Å². The quantitative estimate of drug-likeness (QED) is 0.0161. The summed E-state index contributed by atoms with van der Waals surface area (Å²) >= 11 is 0. The Morgan fingerprint density at radius 1 is 0.924 bits per heavy atom. The Labute approximate surface area is 520 Å². The molecule has 3 fully saturated rings. The van der Waals surface area contributed by atoms with Crippen molar-refractivity contribution in [2.75, 3.05) is 60.9 Å². The van der Waals surface area contributed by atoms with Crippen molar-refractivity contribution in [1.29, 1.82) is 5.26 Å². The third kappa shape index (κ3) is 16.7. The molecule has 2 aromatic heterocycles. The number of pyridine rings is 1. The lowest BCUT2D eigenvalue weighted by Crippen LogP contribution is -2.52. The number of nitrogens with zero attached hydrogens (tertiary/aromatic N) is 9. The van der Waals surface area contributed by atoms with E-state index in [0.717, 1.165) is 42.7 Å². The number of nitrogens with one attached hydrogen (secondary N) is 4. The molecule has 5 aromatic rings. The molecule has 0 spiro atoms. The van der Waals surface area contributed by atoms with E-state index in [-0.39, 0.29) is 98.8 Å². The maximum Gasteiger partial charge on any atom is 0.430 e. The van der Waals surface area contributed by atoms with Crippen molar-refractivity contribution in [2.24, 2.45) is 13.0 Å². The fourth-order valence-electron chi connectivity index (χ4n) is 11.2. The van der Waals surface area contributed by atoms with E-state index in [1.807, 2.05) is 7.05 Å². The van der Waals surface area contributed by atoms with E-state index in [0.29, 0.717) is 71.6 Å². The largest absolute Gasteiger partial charge is 0.542 e. The third-order valence-electron chi connectivity index (χ3n) is 15.6. The molecule has 5 amide bonds. The van der Waals surface area contributed by atoms with Crippen molar-refractivity contribution in [3.05, 3.63) is 128 Å². The molecule has 27 nitrogen and oxygen atoms in total. The Morgan fingerprint density at radius 2 is 1.61 bits per heavy atom. The fourth-order valence-corrected chi connectivity index (χ4v) is 12.4. The van der Waals surface area contributed by atoms with Gasteiger partial charge in [0.25, 0.3) is 39.3 Å². The Kier molecular flexibility index (Phi) is 21.0. The van der Waals surface area contributed by atoms with Gasteiger partial charge < -0.3 is 44.5 Å². The highest BCUT2D eigenvalue weighted by molar-refractivity contribution is 7.92. The van der Waals surface area contributed by atoms with Crippen LogP contribution in [0.3, 0.4) is 0 Å². The lowest BCUT2D eigenvalue weighted by molar-refractivity contribution is -0.960. The summed E-state index contributed by atoms with van der Waals surface area (Å²) < 4.78 is 115. The Hall–Kier alpha value is -9.62. The standard InChI is InChI=1S/C56H60F3N13O12S.C2HF3O2/c1-35-6-4-21-72(29-35,31-37-22-41-42(43(23-37)56(57,58)59)28-69(54(41)78)47-26-39(25-46(65-47)61-18-5-17-60)55(32-83-33-55)27-48-66-64-34-68(48)2)30-36-9-12-40(13-10-36)67-85(81,82)45-14-11-38(24-44(45)71(79)80)53(77)63-20-19-62-49(73)7-3-8-52(76)84-70-50(74)15-16-51(70)75;3-2(4,5)1(6)7/h9-14,22-26,34-35,67H,3-8,15-16,18-21,27-33H2,1-2H3,(H2-,61,62,63,65,73,77);(H,6,7)/t35-,72?;/m0./s1. The number of nitro benzene ring substituents is 1. The number of alkyl halides is 6. The van der Waals surface area contributed by atoms with Gasteiger partial charge in [-0.25, -0.2) is 18.2 Å². The van der Waals surface area contributed by atoms with Crippen LogP contribution in [0.2, 0.25) is 0 Å². The summed E-state index contributed by atoms with van der Waals surface area (Å²) in [4.78, 5) is 105. The molecule has 1 unspecified atom stereocenters. The smallest absolute Gasteiger partial charge is 0.430 e. The average Bonchev–Trinajstić information content (AvgIpc) is 1.47. The molecule has 9 rings (SSSR count). The zero-order chi connectivity index (χ0) is 66.9. The first-order valence-electron chi connectivity index (χ1n) is 28.6. The van der Waals surface area contributed by atoms with Crippen LogP contribution in [0.15, 0.2) is 78.0 Å². The molecule has 3 saturated heterocycles. The van der Waals surface area contributed by atoms with Gasteiger partial charge in [0, 0.05) is 104 Å². The number of aromatic nitrogens is 4. The molecule has 0 saturated carbocycles. The number of carboxylic acid groups (broad SMARTS) is 1. The average molecular weight is 1310 g/mol. The third-order valence-corrected chi connectivity index (χ3v) is 17.1. The van der Waals surface area contributed by atoms with E-state index in [2.05, 4.69) is 43.9 Å². The van der Waals surface area contributed by atoms with Crippen molar-refractivity contribution in [2.45, 2.75) is 107 Å². The number of aryl methyl sites for hydroxylation is 1. The molecule has 4 N–H and O–H groups in total. The van der Waals surface area contributed by atoms with E-state index in [1.54, 1.807) is 41.2 Å². The Bertz CT molecular complexity index is 3820. The van der Waals surface area contributed by atoms with Gasteiger partial charge in [-0.05, 0) is 78.9 Å². The summed E-state index contributed by atoms with van der Waals surface area (Å²) in [7, 11) is -2.83. The van der Waals surface area contributed by atoms with Gasteiger partial charge in [0.05, 0.1) is 55.8 Å². The SMILES string of the molecule is C[C@H]1CCC[N+](Cc2ccc(NS(=O)(=O)c3ccc(C(=O)NCCNC(=O)CCCC(=O)ON4C(=O)CCC4=O)cc3[N+](=O)[O-])cc2)(Cc2cc3c(c(C(F)(F)F)c2)CN(c2cc(C4(Cc5nncn5C)COC4)cc(NCCC#N)n2)C3=O)C1.O=C([O-])C(F)(F)F. The van der Waals surface area contributed by atoms with Crippen LogP contribution >= 0.6 is 0 Å². The van der Waals surface area contributed by atoms with Crippen LogP contribution in [0.1, 0.15) is 113 Å². The number of piperidine rings is 1. The highest BCUT2D eigenvalue weighted by Gasteiger charge is 2.46. The number of anilines is 3. The van der Waals surface area contributed by atoms with Crippen LogP contribution < -0.4 is 30.7 Å². The number of imide groups is 1. The summed E-state index contributed by atoms with van der Waals surface area (Å²) in [6, 6.07) is 17.3. The second-order valence-electron chi connectivity index (χ2n) is 22.6. The van der Waals surface area contributed by atoms with Crippen molar-refractivity contribution >= 4 is 74.5 Å². The van der Waals surface area contributed by atoms with Crippen molar-refractivity contribution in [3.63, 3.8) is 0 Å². The van der Waals surface area contributed by atoms with E-state index < -0.39 is 96.9 Å². The first-order chi connectivity index (χ1) is 43.4. The monoisotopic (exact) mass is 1310 g/mol. The van der Waals surface area contributed by atoms with E-state index >= 15 is 13.2 Å². The number of hydrogen-bond donors (Lipinski definition) is 4. The van der Waals surface area contributed by atoms with Crippen LogP contribution in [0.5, 0.6) is 0 Å². The van der Waals surface area contributed by atoms with Gasteiger partial charge >= 0.3 is 18.3 Å². The van der Waals surface area contributed by atoms with Crippen LogP contribution in [-0.4, -0.2) is 136 Å². The lowest BCUT2D eigenvalue weighted by Gasteiger charge is -2.44. The molecule has 0 radical (unpaired) electrons. The van der Waals surface area contributed by atoms with Gasteiger partial charge in [-0.1, -0.05) is 19.1 Å². The maximum absolute atomic E-state index is 15.3. The molecule has 2 atom stereocenters. The molecule has 4 aliphatic rings. The molecule has 4 aliphatic heterocycles. The predicted octanol–water partition coefficient (Wildman–Crippen LogP) is 4.80. The molecule has 0 aliphatic carbocycles. The molecular weight excluding hydrogens is 1250 g/mol. The highest BCUT2D eigenvalue weighted by Crippen LogP contribution is 2.43. The van der Waals surface area contributed by atoms with E-state index in [4.69, 9.17) is 24.5 Å². The number of carboxylic acids is 1. The second-order valence-corrected chi connectivity index (χ2v) is 24.3. The molecule has 92 heavy (non-hydrogen) atoms. The van der Waals surface area contributed by atoms with Gasteiger partial charge in [0.2, 0.25) is 5.91 Å². The minimum Gasteiger partial charge on any atom is -0.542 e. The molecular formula is C58H61F6N13O14S. The summed E-state index contributed by atoms with van der Waals surface area (Å²) in [5.41, 5.74) is -1.20. The number of quaternary nitrogens is 1. The number of hydrogen-bond acceptors (Lipinski definition) is 19. The Balaban J connectivity index is 0.00000147. The summed E-state index contributed by atoms with van der Waals surface area (Å²) in [6.45, 7) is 3.90. The van der Waals surface area contributed by atoms with Crippen LogP contribution in [-0.2, 0) is 88.3 Å². The minimum atomic E-state index is -5.19. The number of halogens is 6. The molecule has 6 heterocycles. The van der Waals surface area contributed by atoms with Crippen LogP contribution in [0.4, 0.5) is 49.4 Å². The number of sulfonamides is 1. The number of aliphatic carboxylic acids is 1. The Morgan fingerprint density at radius 3 is 2.22 bits per heavy atom. The van der Waals surface area contributed by atoms with E-state index in [1.165, 1.54) is 17.0 Å². The predicted molar refractivity (Wildman–Crippen MR) is 306 cm³/mol. The fraction of sp³-hybridized carbons (Fsp3) is 0.431. The lowest BCUT2D eigenvalue weighted by atomic mass is 9.75. The van der Waals surface area contributed by atoms with Gasteiger partial charge in [0.15, 0.2) is 4.90 Å². The normalized spacial score (nSPS) is 17.8. The van der Waals surface area contributed by atoms with E-state index in [9.17, 15) is 65.7 Å². The summed E-state index contributed by atoms with van der Waals surface area (Å²) in [5.74, 6) is -5.79. The number of amides is 5. The zero-order valence-electron chi connectivity index (χ0n) is 49.4. The van der Waals surface area contributed by atoms with Crippen molar-refractivity contribution < 1.29 is 92.4 Å². The minimum absolute atomic E-state index is 0.0329. The number of rotatable bonds is 24. The maximum atomic E-state index is 15.3. The summed E-state index contributed by atoms with van der Waals surface area (Å²) in [5, 5.41) is 47.1. The number of fused-ring (bicyclic) bond motifs is 1. The zero-order valence-corrected chi connectivity index (χ0v) is 50.2. The number of nitriles is 1. The highest BCUT2D eigenvalue weighted by atomic mass is 32.2. The molecule has 3 aromatic carbocycles. The molecule has 0 bridgehead atoms. The molecule has 34 heteroatoms. The number of benzene rings is 3. The molecule has 490 valence electrons. The van der Waals surface area contributed by atoms with Gasteiger partial charge in [0.1, 0.15) is 42.8 Å².